The Bertz CT molecular complexity index is 1330. The summed E-state index contributed by atoms with van der Waals surface area (Å²) in [6, 6.07) is 14.4. The van der Waals surface area contributed by atoms with Crippen molar-refractivity contribution < 1.29 is 4.92 Å². The number of hydrogen-bond acceptors (Lipinski definition) is 5. The van der Waals surface area contributed by atoms with Crippen molar-refractivity contribution in [2.75, 3.05) is 6.54 Å². The first kappa shape index (κ1) is 19.5. The molecule has 0 saturated carbocycles. The number of benzene rings is 2. The SMILES string of the molecule is C=C(C)CN=c1scc(-c2ccc([N+](=O)[O-])cc2)n1N=Cc1c[nH]c2ccccc12. The summed E-state index contributed by atoms with van der Waals surface area (Å²) in [6.07, 6.45) is 3.71. The lowest BCUT2D eigenvalue weighted by molar-refractivity contribution is -0.384. The fourth-order valence-corrected chi connectivity index (χ4v) is 3.83. The van der Waals surface area contributed by atoms with E-state index in [2.05, 4.69) is 16.6 Å². The molecule has 0 bridgehead atoms. The molecule has 0 amide bonds. The quantitative estimate of drug-likeness (QED) is 0.208. The van der Waals surface area contributed by atoms with E-state index in [0.29, 0.717) is 6.54 Å². The first-order valence-electron chi connectivity index (χ1n) is 9.23. The molecule has 0 spiro atoms. The molecule has 4 aromatic rings. The maximum atomic E-state index is 11.0. The number of hydrogen-bond donors (Lipinski definition) is 1. The number of fused-ring (bicyclic) bond motifs is 1. The molecule has 0 radical (unpaired) electrons. The number of aromatic nitrogens is 2. The highest BCUT2D eigenvalue weighted by molar-refractivity contribution is 7.07. The second kappa shape index (κ2) is 8.30. The number of H-pyrrole nitrogens is 1. The van der Waals surface area contributed by atoms with E-state index < -0.39 is 4.92 Å². The first-order valence-corrected chi connectivity index (χ1v) is 10.1. The summed E-state index contributed by atoms with van der Waals surface area (Å²) in [6.45, 7) is 6.33. The number of nitrogens with zero attached hydrogens (tertiary/aromatic N) is 4. The summed E-state index contributed by atoms with van der Waals surface area (Å²) >= 11 is 1.46. The minimum Gasteiger partial charge on any atom is -0.361 e. The van der Waals surface area contributed by atoms with E-state index in [1.807, 2.05) is 42.8 Å². The molecule has 0 unspecified atom stereocenters. The van der Waals surface area contributed by atoms with Crippen LogP contribution in [-0.4, -0.2) is 27.3 Å². The molecular formula is C22H19N5O2S. The zero-order chi connectivity index (χ0) is 21.1. The Hall–Kier alpha value is -3.78. The number of para-hydroxylation sites is 1. The number of thiazole rings is 1. The largest absolute Gasteiger partial charge is 0.361 e. The van der Waals surface area contributed by atoms with Crippen molar-refractivity contribution >= 4 is 34.1 Å². The van der Waals surface area contributed by atoms with Crippen LogP contribution in [0.1, 0.15) is 12.5 Å². The molecule has 0 aliphatic rings. The maximum Gasteiger partial charge on any atom is 0.269 e. The number of rotatable bonds is 6. The Balaban J connectivity index is 1.79. The molecule has 7 nitrogen and oxygen atoms in total. The van der Waals surface area contributed by atoms with Crippen LogP contribution >= 0.6 is 11.3 Å². The molecule has 1 N–H and O–H groups in total. The molecule has 0 fully saturated rings. The Morgan fingerprint density at radius 2 is 2.03 bits per heavy atom. The zero-order valence-corrected chi connectivity index (χ0v) is 17.1. The van der Waals surface area contributed by atoms with Gasteiger partial charge in [0.15, 0.2) is 0 Å². The highest BCUT2D eigenvalue weighted by Crippen LogP contribution is 2.23. The molecule has 4 rings (SSSR count). The molecule has 2 aromatic heterocycles. The van der Waals surface area contributed by atoms with Crippen molar-refractivity contribution in [1.82, 2.24) is 9.66 Å². The highest BCUT2D eigenvalue weighted by atomic mass is 32.1. The summed E-state index contributed by atoms with van der Waals surface area (Å²) in [5.74, 6) is 0. The van der Waals surface area contributed by atoms with Crippen molar-refractivity contribution in [1.29, 1.82) is 0 Å². The highest BCUT2D eigenvalue weighted by Gasteiger charge is 2.11. The van der Waals surface area contributed by atoms with Gasteiger partial charge in [0.1, 0.15) is 0 Å². The van der Waals surface area contributed by atoms with Crippen molar-refractivity contribution in [2.24, 2.45) is 10.1 Å². The van der Waals surface area contributed by atoms with Gasteiger partial charge in [-0.05, 0) is 25.1 Å². The molecule has 30 heavy (non-hydrogen) atoms. The van der Waals surface area contributed by atoms with Crippen LogP contribution in [0.25, 0.3) is 22.2 Å². The molecular weight excluding hydrogens is 398 g/mol. The van der Waals surface area contributed by atoms with Crippen molar-refractivity contribution in [3.05, 3.63) is 92.7 Å². The van der Waals surface area contributed by atoms with Gasteiger partial charge >= 0.3 is 0 Å². The van der Waals surface area contributed by atoms with E-state index in [1.54, 1.807) is 23.0 Å². The number of non-ortho nitro benzene ring substituents is 1. The maximum absolute atomic E-state index is 11.0. The average molecular weight is 417 g/mol. The van der Waals surface area contributed by atoms with Gasteiger partial charge in [-0.25, -0.2) is 4.68 Å². The Kier molecular flexibility index (Phi) is 5.40. The number of aromatic amines is 1. The lowest BCUT2D eigenvalue weighted by Crippen LogP contribution is -2.13. The standard InChI is InChI=1S/C22H19N5O2S/c1-15(2)11-24-22-26(25-13-17-12-23-20-6-4-3-5-19(17)20)21(14-30-22)16-7-9-18(10-8-16)27(28)29/h3-10,12-14,23H,1,11H2,2H3. The number of nitro groups is 1. The van der Waals surface area contributed by atoms with E-state index in [1.165, 1.54) is 23.5 Å². The molecule has 8 heteroatoms. The third-order valence-electron chi connectivity index (χ3n) is 4.48. The van der Waals surface area contributed by atoms with Gasteiger partial charge in [0.25, 0.3) is 5.69 Å². The predicted octanol–water partition coefficient (Wildman–Crippen LogP) is 4.97. The first-order chi connectivity index (χ1) is 14.5. The third-order valence-corrected chi connectivity index (χ3v) is 5.33. The smallest absolute Gasteiger partial charge is 0.269 e. The fourth-order valence-electron chi connectivity index (χ4n) is 2.99. The normalized spacial score (nSPS) is 12.1. The molecule has 0 saturated heterocycles. The Labute approximate surface area is 176 Å². The molecule has 0 aliphatic carbocycles. The van der Waals surface area contributed by atoms with Gasteiger partial charge in [-0.1, -0.05) is 30.4 Å². The van der Waals surface area contributed by atoms with Crippen LogP contribution < -0.4 is 4.80 Å². The van der Waals surface area contributed by atoms with Gasteiger partial charge in [0.2, 0.25) is 4.80 Å². The number of nitro benzene ring substituents is 1. The minimum atomic E-state index is -0.408. The van der Waals surface area contributed by atoms with Crippen LogP contribution in [0.5, 0.6) is 0 Å². The van der Waals surface area contributed by atoms with Crippen LogP contribution in [-0.2, 0) is 0 Å². The fraction of sp³-hybridized carbons (Fsp3) is 0.0909. The van der Waals surface area contributed by atoms with Crippen LogP contribution in [0.15, 0.2) is 82.4 Å². The van der Waals surface area contributed by atoms with E-state index in [0.717, 1.165) is 38.1 Å². The van der Waals surface area contributed by atoms with Gasteiger partial charge in [-0.3, -0.25) is 15.1 Å². The van der Waals surface area contributed by atoms with Gasteiger partial charge in [-0.15, -0.1) is 11.3 Å². The molecule has 150 valence electrons. The van der Waals surface area contributed by atoms with E-state index in [9.17, 15) is 10.1 Å². The third kappa shape index (κ3) is 3.99. The molecule has 0 aliphatic heterocycles. The summed E-state index contributed by atoms with van der Waals surface area (Å²) in [5, 5.41) is 18.7. The topological polar surface area (TPSA) is 88.6 Å². The van der Waals surface area contributed by atoms with Crippen molar-refractivity contribution in [3.8, 4) is 11.3 Å². The van der Waals surface area contributed by atoms with E-state index in [-0.39, 0.29) is 5.69 Å². The Morgan fingerprint density at radius 3 is 2.77 bits per heavy atom. The average Bonchev–Trinajstić information content (AvgIpc) is 3.34. The number of nitrogens with one attached hydrogen (secondary N) is 1. The molecule has 2 heterocycles. The van der Waals surface area contributed by atoms with Gasteiger partial charge in [0.05, 0.1) is 23.4 Å². The summed E-state index contributed by atoms with van der Waals surface area (Å²) in [4.78, 5) is 19.1. The van der Waals surface area contributed by atoms with Crippen LogP contribution in [0.4, 0.5) is 5.69 Å². The van der Waals surface area contributed by atoms with Crippen molar-refractivity contribution in [2.45, 2.75) is 6.92 Å². The monoisotopic (exact) mass is 417 g/mol. The minimum absolute atomic E-state index is 0.0509. The Morgan fingerprint density at radius 1 is 1.27 bits per heavy atom. The zero-order valence-electron chi connectivity index (χ0n) is 16.3. The molecule has 0 atom stereocenters. The second-order valence-electron chi connectivity index (χ2n) is 6.83. The van der Waals surface area contributed by atoms with Crippen LogP contribution in [0, 0.1) is 10.1 Å². The summed E-state index contributed by atoms with van der Waals surface area (Å²) in [7, 11) is 0. The lowest BCUT2D eigenvalue weighted by Gasteiger charge is -2.03. The van der Waals surface area contributed by atoms with E-state index in [4.69, 9.17) is 5.10 Å². The van der Waals surface area contributed by atoms with Crippen molar-refractivity contribution in [3.63, 3.8) is 0 Å². The van der Waals surface area contributed by atoms with E-state index >= 15 is 0 Å². The van der Waals surface area contributed by atoms with Crippen LogP contribution in [0.3, 0.4) is 0 Å². The molecule has 2 aromatic carbocycles. The van der Waals surface area contributed by atoms with Gasteiger partial charge < -0.3 is 4.98 Å². The van der Waals surface area contributed by atoms with Gasteiger partial charge in [0, 0.05) is 45.7 Å². The second-order valence-corrected chi connectivity index (χ2v) is 7.66. The van der Waals surface area contributed by atoms with Crippen LogP contribution in [0.2, 0.25) is 0 Å². The predicted molar refractivity (Wildman–Crippen MR) is 121 cm³/mol. The van der Waals surface area contributed by atoms with Gasteiger partial charge in [-0.2, -0.15) is 5.10 Å². The summed E-state index contributed by atoms with van der Waals surface area (Å²) < 4.78 is 1.76. The lowest BCUT2D eigenvalue weighted by atomic mass is 10.1. The summed E-state index contributed by atoms with van der Waals surface area (Å²) in [5.41, 5.74) is 4.64.